The van der Waals surface area contributed by atoms with Gasteiger partial charge in [0.2, 0.25) is 0 Å². The Balaban J connectivity index is 1.63. The van der Waals surface area contributed by atoms with Crippen LogP contribution < -0.4 is 9.47 Å². The molecule has 180 valence electrons. The van der Waals surface area contributed by atoms with Crippen LogP contribution in [0.15, 0.2) is 53.7 Å². The molecule has 0 amide bonds. The van der Waals surface area contributed by atoms with E-state index < -0.39 is 0 Å². The fraction of sp³-hybridized carbons (Fsp3) is 0.483. The Kier molecular flexibility index (Phi) is 12.2. The van der Waals surface area contributed by atoms with Gasteiger partial charge >= 0.3 is 0 Å². The number of ether oxygens (including phenoxy) is 2. The number of allylic oxidation sites excluding steroid dienone is 1. The van der Waals surface area contributed by atoms with E-state index in [2.05, 4.69) is 62.3 Å². The normalized spacial score (nSPS) is 12.4. The molecular formula is C29H41NO3. The highest BCUT2D eigenvalue weighted by atomic mass is 16.6. The first kappa shape index (κ1) is 26.5. The summed E-state index contributed by atoms with van der Waals surface area (Å²) in [5, 5.41) is 3.86. The van der Waals surface area contributed by atoms with Gasteiger partial charge in [0.05, 0.1) is 12.8 Å². The fourth-order valence-corrected chi connectivity index (χ4v) is 3.95. The van der Waals surface area contributed by atoms with Crippen molar-refractivity contribution in [2.75, 3.05) is 20.3 Å². The Labute approximate surface area is 200 Å². The van der Waals surface area contributed by atoms with E-state index in [1.807, 2.05) is 19.1 Å². The van der Waals surface area contributed by atoms with Crippen molar-refractivity contribution >= 4 is 6.21 Å². The predicted molar refractivity (Wildman–Crippen MR) is 139 cm³/mol. The van der Waals surface area contributed by atoms with Gasteiger partial charge in [0, 0.05) is 0 Å². The highest BCUT2D eigenvalue weighted by Gasteiger charge is 2.08. The number of nitrogens with zero attached hydrogens (tertiary/aromatic N) is 1. The molecule has 0 aliphatic carbocycles. The Hall–Kier alpha value is -2.75. The second-order valence-corrected chi connectivity index (χ2v) is 8.66. The quantitative estimate of drug-likeness (QED) is 0.120. The van der Waals surface area contributed by atoms with Crippen LogP contribution in [0.5, 0.6) is 11.5 Å². The Bertz CT molecular complexity index is 865. The minimum Gasteiger partial charge on any atom is -0.493 e. The van der Waals surface area contributed by atoms with Crippen molar-refractivity contribution in [1.82, 2.24) is 0 Å². The maximum Gasteiger partial charge on any atom is 0.125 e. The summed E-state index contributed by atoms with van der Waals surface area (Å²) in [5.74, 6) is 2.46. The molecule has 1 unspecified atom stereocenters. The molecular weight excluding hydrogens is 410 g/mol. The average molecular weight is 452 g/mol. The lowest BCUT2D eigenvalue weighted by atomic mass is 9.93. The van der Waals surface area contributed by atoms with E-state index in [4.69, 9.17) is 14.3 Å². The van der Waals surface area contributed by atoms with Gasteiger partial charge in [0.1, 0.15) is 25.2 Å². The first-order valence-electron chi connectivity index (χ1n) is 12.2. The molecule has 0 spiro atoms. The molecule has 0 fully saturated rings. The zero-order chi connectivity index (χ0) is 23.9. The van der Waals surface area contributed by atoms with Gasteiger partial charge in [-0.25, -0.2) is 0 Å². The smallest absolute Gasteiger partial charge is 0.125 e. The monoisotopic (exact) mass is 451 g/mol. The number of aryl methyl sites for hydroxylation is 2. The zero-order valence-electron chi connectivity index (χ0n) is 21.1. The van der Waals surface area contributed by atoms with Crippen molar-refractivity contribution in [2.24, 2.45) is 5.16 Å². The molecule has 0 aliphatic heterocycles. The van der Waals surface area contributed by atoms with Crippen LogP contribution in [0, 0.1) is 13.8 Å². The van der Waals surface area contributed by atoms with Crippen LogP contribution in [0.2, 0.25) is 0 Å². The molecule has 2 aromatic rings. The van der Waals surface area contributed by atoms with E-state index in [0.717, 1.165) is 41.2 Å². The standard InChI is InChI=1S/C29H41NO3/c1-6-7-17-32-28-19-24(3)29(25(4)20-28)33-18-12-10-8-9-11-14-23(2)27-16-13-15-26(21-27)22-30-31-5/h6-7,13,15-16,19-23H,8-12,14,17-18H2,1-5H3/b7-6+,30-22+. The van der Waals surface area contributed by atoms with Crippen LogP contribution in [0.3, 0.4) is 0 Å². The van der Waals surface area contributed by atoms with Gasteiger partial charge in [-0.3, -0.25) is 0 Å². The van der Waals surface area contributed by atoms with Crippen molar-refractivity contribution in [3.05, 3.63) is 70.8 Å². The van der Waals surface area contributed by atoms with Crippen LogP contribution >= 0.6 is 0 Å². The minimum atomic E-state index is 0.556. The summed E-state index contributed by atoms with van der Waals surface area (Å²) >= 11 is 0. The van der Waals surface area contributed by atoms with Crippen molar-refractivity contribution in [3.63, 3.8) is 0 Å². The lowest BCUT2D eigenvalue weighted by molar-refractivity contribution is 0.215. The molecule has 0 aromatic heterocycles. The van der Waals surface area contributed by atoms with Gasteiger partial charge in [0.15, 0.2) is 0 Å². The predicted octanol–water partition coefficient (Wildman–Crippen LogP) is 7.76. The van der Waals surface area contributed by atoms with Gasteiger partial charge in [-0.2, -0.15) is 0 Å². The molecule has 0 saturated carbocycles. The van der Waals surface area contributed by atoms with Crippen LogP contribution in [-0.4, -0.2) is 26.5 Å². The molecule has 1 atom stereocenters. The number of benzene rings is 2. The number of hydrogen-bond acceptors (Lipinski definition) is 4. The summed E-state index contributed by atoms with van der Waals surface area (Å²) in [4.78, 5) is 4.78. The maximum atomic E-state index is 6.10. The minimum absolute atomic E-state index is 0.556. The van der Waals surface area contributed by atoms with E-state index in [1.54, 1.807) is 13.3 Å². The fourth-order valence-electron chi connectivity index (χ4n) is 3.95. The largest absolute Gasteiger partial charge is 0.493 e. The van der Waals surface area contributed by atoms with Crippen LogP contribution in [0.1, 0.15) is 80.5 Å². The van der Waals surface area contributed by atoms with Crippen molar-refractivity contribution in [3.8, 4) is 11.5 Å². The molecule has 2 aromatic carbocycles. The number of hydrogen-bond donors (Lipinski definition) is 0. The van der Waals surface area contributed by atoms with Gasteiger partial charge < -0.3 is 14.3 Å². The average Bonchev–Trinajstić information content (AvgIpc) is 2.81. The number of unbranched alkanes of at least 4 members (excludes halogenated alkanes) is 4. The molecule has 2 rings (SSSR count). The zero-order valence-corrected chi connectivity index (χ0v) is 21.1. The van der Waals surface area contributed by atoms with Gasteiger partial charge in [-0.1, -0.05) is 68.1 Å². The number of oxime groups is 1. The van der Waals surface area contributed by atoms with E-state index in [9.17, 15) is 0 Å². The highest BCUT2D eigenvalue weighted by molar-refractivity contribution is 5.79. The lowest BCUT2D eigenvalue weighted by Crippen LogP contribution is -2.02. The summed E-state index contributed by atoms with van der Waals surface area (Å²) in [6, 6.07) is 12.7. The van der Waals surface area contributed by atoms with Gasteiger partial charge in [-0.05, 0) is 80.0 Å². The molecule has 0 N–H and O–H groups in total. The second-order valence-electron chi connectivity index (χ2n) is 8.66. The Morgan fingerprint density at radius 1 is 0.939 bits per heavy atom. The van der Waals surface area contributed by atoms with Crippen molar-refractivity contribution in [2.45, 2.75) is 72.1 Å². The third-order valence-electron chi connectivity index (χ3n) is 5.83. The van der Waals surface area contributed by atoms with Crippen molar-refractivity contribution < 1.29 is 14.3 Å². The van der Waals surface area contributed by atoms with E-state index in [0.29, 0.717) is 12.5 Å². The molecule has 33 heavy (non-hydrogen) atoms. The van der Waals surface area contributed by atoms with Crippen LogP contribution in [-0.2, 0) is 4.84 Å². The maximum absolute atomic E-state index is 6.10. The summed E-state index contributed by atoms with van der Waals surface area (Å²) in [7, 11) is 1.57. The van der Waals surface area contributed by atoms with E-state index >= 15 is 0 Å². The third kappa shape index (κ3) is 9.73. The van der Waals surface area contributed by atoms with Gasteiger partial charge in [-0.15, -0.1) is 0 Å². The molecule has 0 aliphatic rings. The molecule has 0 bridgehead atoms. The lowest BCUT2D eigenvalue weighted by Gasteiger charge is -2.14. The summed E-state index contributed by atoms with van der Waals surface area (Å²) in [6.45, 7) is 9.86. The number of rotatable bonds is 15. The summed E-state index contributed by atoms with van der Waals surface area (Å²) < 4.78 is 11.9. The van der Waals surface area contributed by atoms with Crippen LogP contribution in [0.25, 0.3) is 0 Å². The SMILES string of the molecule is C/C=C/COc1cc(C)c(OCCCCCCCC(C)c2cccc(/C=N/OC)c2)c(C)c1. The third-order valence-corrected chi connectivity index (χ3v) is 5.83. The second kappa shape index (κ2) is 15.2. The summed E-state index contributed by atoms with van der Waals surface area (Å²) in [6.07, 6.45) is 13.1. The van der Waals surface area contributed by atoms with Gasteiger partial charge in [0.25, 0.3) is 0 Å². The molecule has 0 radical (unpaired) electrons. The molecule has 0 saturated heterocycles. The Morgan fingerprint density at radius 2 is 1.67 bits per heavy atom. The highest BCUT2D eigenvalue weighted by Crippen LogP contribution is 2.29. The molecule has 4 nitrogen and oxygen atoms in total. The van der Waals surface area contributed by atoms with E-state index in [1.165, 1.54) is 37.7 Å². The van der Waals surface area contributed by atoms with Crippen molar-refractivity contribution in [1.29, 1.82) is 0 Å². The summed E-state index contributed by atoms with van der Waals surface area (Å²) in [5.41, 5.74) is 4.73. The first-order chi connectivity index (χ1) is 16.0. The Morgan fingerprint density at radius 3 is 2.39 bits per heavy atom. The molecule has 4 heteroatoms. The first-order valence-corrected chi connectivity index (χ1v) is 12.2. The molecule has 0 heterocycles. The van der Waals surface area contributed by atoms with Crippen LogP contribution in [0.4, 0.5) is 0 Å². The topological polar surface area (TPSA) is 40.0 Å². The van der Waals surface area contributed by atoms with E-state index in [-0.39, 0.29) is 0 Å².